The van der Waals surface area contributed by atoms with Crippen LogP contribution < -0.4 is 14.3 Å². The van der Waals surface area contributed by atoms with Crippen LogP contribution in [0.3, 0.4) is 0 Å². The van der Waals surface area contributed by atoms with E-state index >= 15 is 0 Å². The molecular weight excluding hydrogens is 202 g/mol. The summed E-state index contributed by atoms with van der Waals surface area (Å²) in [6.07, 6.45) is 0. The molecule has 0 aliphatic carbocycles. The summed E-state index contributed by atoms with van der Waals surface area (Å²) >= 11 is -3.69. The second-order valence-electron chi connectivity index (χ2n) is 0.238. The topological polar surface area (TPSA) is 101 Å². The van der Waals surface area contributed by atoms with Crippen molar-refractivity contribution in [1.82, 2.24) is 6.15 Å². The smallest absolute Gasteiger partial charge is 2.00 e. The monoisotopic (exact) mass is 205 g/mol. The van der Waals surface area contributed by atoms with Crippen LogP contribution in [-0.2, 0) is 19.5 Å². The summed E-state index contributed by atoms with van der Waals surface area (Å²) in [5.74, 6) is 0. The molecule has 0 fully saturated rings. The Kier molecular flexibility index (Phi) is 24.6. The van der Waals surface area contributed by atoms with Crippen LogP contribution in [0.5, 0.6) is 0 Å². The summed E-state index contributed by atoms with van der Waals surface area (Å²) in [5, 5.41) is 0. The Morgan fingerprint density at radius 1 is 1.33 bits per heavy atom. The summed E-state index contributed by atoms with van der Waals surface area (Å²) in [6, 6.07) is 0. The molecule has 0 aliphatic heterocycles. The summed E-state index contributed by atoms with van der Waals surface area (Å²) in [5.41, 5.74) is 0. The van der Waals surface area contributed by atoms with Crippen LogP contribution in [0.15, 0.2) is 0 Å². The van der Waals surface area contributed by atoms with E-state index in [4.69, 9.17) is 12.3 Å². The second-order valence-corrected chi connectivity index (χ2v) is 1.24. The zero-order chi connectivity index (χ0) is 3.58. The molecule has 0 aliphatic rings. The molecule has 0 aromatic carbocycles. The van der Waals surface area contributed by atoms with Crippen molar-refractivity contribution in [1.29, 1.82) is 0 Å². The van der Waals surface area contributed by atoms with Crippen molar-refractivity contribution in [3.63, 3.8) is 0 Å². The molecule has 0 saturated heterocycles. The van der Waals surface area contributed by atoms with E-state index in [1.165, 1.54) is 0 Å². The van der Waals surface area contributed by atoms with Gasteiger partial charge in [-0.15, -0.1) is 0 Å². The molecule has 0 atom stereocenters. The third-order valence-electron chi connectivity index (χ3n) is 0. The van der Waals surface area contributed by atoms with Crippen molar-refractivity contribution >= 4 is 15.7 Å². The third kappa shape index (κ3) is 77.8. The average molecular weight is 206 g/mol. The van der Waals surface area contributed by atoms with Crippen LogP contribution in [0, 0.1) is 0 Å². The second kappa shape index (κ2) is 9.39. The van der Waals surface area contributed by atoms with Gasteiger partial charge in [-0.2, -0.15) is 0 Å². The van der Waals surface area contributed by atoms with Crippen molar-refractivity contribution in [2.75, 3.05) is 0 Å². The minimum Gasteiger partial charge on any atom is 2.00 e. The molecule has 0 aromatic heterocycles. The molecule has 6 heteroatoms. The van der Waals surface area contributed by atoms with Gasteiger partial charge in [0, 0.05) is 0 Å². The molecule has 4 N–H and O–H groups in total. The largest absolute Gasteiger partial charge is 2.00 e. The van der Waals surface area contributed by atoms with Crippen LogP contribution >= 0.6 is 0 Å². The van der Waals surface area contributed by atoms with E-state index in [-0.39, 0.29) is 25.6 Å². The van der Waals surface area contributed by atoms with Gasteiger partial charge in [-0.1, -0.05) is 0 Å². The van der Waals surface area contributed by atoms with E-state index in [9.17, 15) is 0 Å². The molecular formula is H4AsNO3Zn. The molecule has 0 heterocycles. The number of hydrogen-bond donors (Lipinski definition) is 2. The van der Waals surface area contributed by atoms with Gasteiger partial charge in [-0.05, 0) is 0 Å². The normalized spacial score (nSPS) is 6.00. The Morgan fingerprint density at radius 2 is 1.33 bits per heavy atom. The van der Waals surface area contributed by atoms with E-state index in [1.54, 1.807) is 0 Å². The molecule has 0 saturated carbocycles. The maximum atomic E-state index is 8.67. The van der Waals surface area contributed by atoms with E-state index < -0.39 is 15.7 Å². The van der Waals surface area contributed by atoms with E-state index in [1.807, 2.05) is 0 Å². The first-order valence-corrected chi connectivity index (χ1v) is 2.94. The molecule has 6 heavy (non-hydrogen) atoms. The van der Waals surface area contributed by atoms with Gasteiger partial charge < -0.3 is 6.15 Å². The fourth-order valence-electron chi connectivity index (χ4n) is 0. The summed E-state index contributed by atoms with van der Waals surface area (Å²) < 4.78 is 24.4. The Hall–Kier alpha value is 1.02. The van der Waals surface area contributed by atoms with Crippen molar-refractivity contribution < 1.29 is 31.8 Å². The van der Waals surface area contributed by atoms with E-state index in [0.29, 0.717) is 0 Å². The third-order valence-corrected chi connectivity index (χ3v) is 0. The Bertz CT molecular complexity index is 15.5. The van der Waals surface area contributed by atoms with Gasteiger partial charge in [-0.25, -0.2) is 0 Å². The maximum absolute atomic E-state index is 8.67. The van der Waals surface area contributed by atoms with Gasteiger partial charge >= 0.3 is 47.4 Å². The molecule has 0 unspecified atom stereocenters. The molecule has 0 spiro atoms. The van der Waals surface area contributed by atoms with Gasteiger partial charge in [0.25, 0.3) is 0 Å². The first-order valence-electron chi connectivity index (χ1n) is 0.565. The molecule has 0 radical (unpaired) electrons. The van der Waals surface area contributed by atoms with Gasteiger partial charge in [0.05, 0.1) is 0 Å². The van der Waals surface area contributed by atoms with Crippen molar-refractivity contribution in [3.05, 3.63) is 0 Å². The number of rotatable bonds is 0. The minimum atomic E-state index is -3.69. The van der Waals surface area contributed by atoms with Crippen LogP contribution in [-0.4, -0.2) is 19.8 Å². The predicted molar refractivity (Wildman–Crippen MR) is 13.0 cm³/mol. The van der Waals surface area contributed by atoms with Crippen LogP contribution in [0.1, 0.15) is 0 Å². The van der Waals surface area contributed by atoms with Gasteiger partial charge in [0.2, 0.25) is 0 Å². The van der Waals surface area contributed by atoms with E-state index in [0.717, 1.165) is 0 Å². The van der Waals surface area contributed by atoms with Crippen LogP contribution in [0.25, 0.3) is 0 Å². The van der Waals surface area contributed by atoms with Crippen molar-refractivity contribution in [3.8, 4) is 0 Å². The SMILES string of the molecule is N.[O-][As]([O-])O.[Zn+2]. The fourth-order valence-corrected chi connectivity index (χ4v) is 0. The predicted octanol–water partition coefficient (Wildman–Crippen LogP) is -3.16. The Balaban J connectivity index is -0.0000000450. The quantitative estimate of drug-likeness (QED) is 0.409. The molecule has 0 bridgehead atoms. The average Bonchev–Trinajstić information content (AvgIpc) is 0.811. The van der Waals surface area contributed by atoms with Crippen molar-refractivity contribution in [2.24, 2.45) is 0 Å². The van der Waals surface area contributed by atoms with Gasteiger partial charge in [0.15, 0.2) is 0 Å². The first kappa shape index (κ1) is 15.7. The fraction of sp³-hybridized carbons (Fsp3) is 0. The Morgan fingerprint density at radius 3 is 1.33 bits per heavy atom. The van der Waals surface area contributed by atoms with Crippen LogP contribution in [0.4, 0.5) is 0 Å². The standard InChI is InChI=1S/AsHO3.H3N.Zn/c2-1(3)4;;/h2H;1H3;/q-2;;+2. The van der Waals surface area contributed by atoms with Crippen LogP contribution in [0.2, 0.25) is 0 Å². The van der Waals surface area contributed by atoms with Gasteiger partial charge in [-0.3, -0.25) is 0 Å². The summed E-state index contributed by atoms with van der Waals surface area (Å²) in [7, 11) is 0. The number of hydrogen-bond acceptors (Lipinski definition) is 4. The zero-order valence-electron chi connectivity index (χ0n) is 3.13. The molecule has 0 rings (SSSR count). The van der Waals surface area contributed by atoms with Gasteiger partial charge in [0.1, 0.15) is 0 Å². The molecule has 0 amide bonds. The Labute approximate surface area is 53.8 Å². The molecule has 34 valence electrons. The minimum absolute atomic E-state index is 0. The summed E-state index contributed by atoms with van der Waals surface area (Å²) in [6.45, 7) is 0. The summed E-state index contributed by atoms with van der Waals surface area (Å²) in [4.78, 5) is 0. The van der Waals surface area contributed by atoms with E-state index in [2.05, 4.69) is 0 Å². The molecule has 0 aromatic rings. The first-order chi connectivity index (χ1) is 1.73. The zero-order valence-corrected chi connectivity index (χ0v) is 7.97. The maximum Gasteiger partial charge on any atom is 2.00 e. The molecule has 4 nitrogen and oxygen atoms in total. The van der Waals surface area contributed by atoms with Crippen molar-refractivity contribution in [2.45, 2.75) is 0 Å².